The molecular formula is C22H23N3O3. The molecular weight excluding hydrogens is 354 g/mol. The lowest BCUT2D eigenvalue weighted by atomic mass is 9.88. The Morgan fingerprint density at radius 1 is 1.36 bits per heavy atom. The summed E-state index contributed by atoms with van der Waals surface area (Å²) < 4.78 is 12.0. The number of carbonyl (C=O) groups excluding carboxylic acids is 1. The molecule has 2 atom stereocenters. The lowest BCUT2D eigenvalue weighted by molar-refractivity contribution is -0.114. The number of rotatable bonds is 3. The number of allylic oxidation sites excluding steroid dienone is 2. The summed E-state index contributed by atoms with van der Waals surface area (Å²) in [6, 6.07) is 7.62. The number of aromatic nitrogens is 1. The highest BCUT2D eigenvalue weighted by Gasteiger charge is 2.30. The number of hydrogen-bond donors (Lipinski definition) is 2. The molecule has 1 aromatic carbocycles. The fourth-order valence-electron chi connectivity index (χ4n) is 3.55. The molecule has 0 fully saturated rings. The summed E-state index contributed by atoms with van der Waals surface area (Å²) >= 11 is 0. The number of fused-ring (bicyclic) bond motifs is 3. The lowest BCUT2D eigenvalue weighted by Gasteiger charge is -2.33. The molecule has 1 aliphatic carbocycles. The topological polar surface area (TPSA) is 86.5 Å². The van der Waals surface area contributed by atoms with Crippen molar-refractivity contribution in [1.29, 1.82) is 0 Å². The number of carbonyl (C=O) groups is 1. The molecule has 4 rings (SSSR count). The smallest absolute Gasteiger partial charge is 0.222 e. The van der Waals surface area contributed by atoms with Crippen LogP contribution in [0, 0.1) is 0 Å². The summed E-state index contributed by atoms with van der Waals surface area (Å²) in [6.07, 6.45) is 7.48. The number of hydrogen-bond acceptors (Lipinski definition) is 5. The first-order valence-electron chi connectivity index (χ1n) is 9.19. The Morgan fingerprint density at radius 3 is 2.93 bits per heavy atom. The maximum absolute atomic E-state index is 11.3. The zero-order valence-corrected chi connectivity index (χ0v) is 16.2. The van der Waals surface area contributed by atoms with E-state index >= 15 is 0 Å². The number of nitrogens with zero attached hydrogens (tertiary/aromatic N) is 1. The molecule has 2 aromatic rings. The Kier molecular flexibility index (Phi) is 4.43. The minimum absolute atomic E-state index is 0.155. The van der Waals surface area contributed by atoms with Crippen LogP contribution < -0.4 is 20.5 Å². The van der Waals surface area contributed by atoms with E-state index in [1.807, 2.05) is 56.3 Å². The van der Waals surface area contributed by atoms with Gasteiger partial charge in [0.15, 0.2) is 0 Å². The van der Waals surface area contributed by atoms with E-state index in [0.29, 0.717) is 18.2 Å². The van der Waals surface area contributed by atoms with Crippen LogP contribution in [0.2, 0.25) is 0 Å². The third-order valence-electron chi connectivity index (χ3n) is 4.87. The monoisotopic (exact) mass is 377 g/mol. The predicted octanol–water partition coefficient (Wildman–Crippen LogP) is 3.58. The lowest BCUT2D eigenvalue weighted by Crippen LogP contribution is -2.49. The third kappa shape index (κ3) is 3.51. The Balaban J connectivity index is 1.62. The molecule has 1 aromatic heterocycles. The standard InChI is InChI=1S/C22H23N3O3/c1-13-4-7-20(22(3,23)10-13)28-16-5-6-17-18-9-21(25-14(2)26)24-11-15(18)12-27-19(17)8-16/h4-11,20H,12,23H2,1-3H3,(H,24,25,26). The molecule has 0 saturated carbocycles. The van der Waals surface area contributed by atoms with Crippen molar-refractivity contribution in [3.63, 3.8) is 0 Å². The van der Waals surface area contributed by atoms with Gasteiger partial charge in [0.1, 0.15) is 30.0 Å². The van der Waals surface area contributed by atoms with Crippen molar-refractivity contribution in [3.05, 3.63) is 59.8 Å². The minimum Gasteiger partial charge on any atom is -0.488 e. The van der Waals surface area contributed by atoms with E-state index in [-0.39, 0.29) is 12.0 Å². The second-order valence-corrected chi connectivity index (χ2v) is 7.51. The van der Waals surface area contributed by atoms with Crippen LogP contribution in [0.15, 0.2) is 54.3 Å². The zero-order valence-electron chi connectivity index (χ0n) is 16.2. The maximum atomic E-state index is 11.3. The zero-order chi connectivity index (χ0) is 19.9. The first-order chi connectivity index (χ1) is 13.3. The summed E-state index contributed by atoms with van der Waals surface area (Å²) in [6.45, 7) is 5.85. The molecule has 0 spiro atoms. The van der Waals surface area contributed by atoms with E-state index in [0.717, 1.165) is 28.0 Å². The van der Waals surface area contributed by atoms with Crippen LogP contribution >= 0.6 is 0 Å². The highest BCUT2D eigenvalue weighted by atomic mass is 16.5. The summed E-state index contributed by atoms with van der Waals surface area (Å²) in [5, 5.41) is 2.72. The van der Waals surface area contributed by atoms with Gasteiger partial charge in [-0.3, -0.25) is 4.79 Å². The molecule has 0 bridgehead atoms. The molecule has 2 aliphatic rings. The van der Waals surface area contributed by atoms with Gasteiger partial charge < -0.3 is 20.5 Å². The van der Waals surface area contributed by atoms with Gasteiger partial charge >= 0.3 is 0 Å². The van der Waals surface area contributed by atoms with Crippen molar-refractivity contribution in [3.8, 4) is 22.6 Å². The molecule has 1 amide bonds. The second-order valence-electron chi connectivity index (χ2n) is 7.51. The van der Waals surface area contributed by atoms with Crippen LogP contribution in [-0.2, 0) is 11.4 Å². The number of ether oxygens (including phenoxy) is 2. The van der Waals surface area contributed by atoms with Crippen molar-refractivity contribution < 1.29 is 14.3 Å². The number of benzene rings is 1. The molecule has 0 radical (unpaired) electrons. The largest absolute Gasteiger partial charge is 0.488 e. The van der Waals surface area contributed by atoms with E-state index in [9.17, 15) is 4.79 Å². The van der Waals surface area contributed by atoms with Crippen molar-refractivity contribution in [1.82, 2.24) is 4.98 Å². The molecule has 6 nitrogen and oxygen atoms in total. The van der Waals surface area contributed by atoms with E-state index in [1.54, 1.807) is 6.20 Å². The SMILES string of the molecule is CC(=O)Nc1cc2c(cn1)COc1cc(OC3C=CC(C)=CC3(C)N)ccc1-2. The molecule has 2 heterocycles. The summed E-state index contributed by atoms with van der Waals surface area (Å²) in [5.41, 5.74) is 9.84. The van der Waals surface area contributed by atoms with Gasteiger partial charge in [0.25, 0.3) is 0 Å². The molecule has 28 heavy (non-hydrogen) atoms. The van der Waals surface area contributed by atoms with Gasteiger partial charge in [-0.15, -0.1) is 0 Å². The van der Waals surface area contributed by atoms with Crippen LogP contribution in [0.3, 0.4) is 0 Å². The minimum atomic E-state index is -0.582. The summed E-state index contributed by atoms with van der Waals surface area (Å²) in [4.78, 5) is 15.6. The number of nitrogens with one attached hydrogen (secondary N) is 1. The summed E-state index contributed by atoms with van der Waals surface area (Å²) in [7, 11) is 0. The van der Waals surface area contributed by atoms with Crippen molar-refractivity contribution in [2.75, 3.05) is 5.32 Å². The maximum Gasteiger partial charge on any atom is 0.222 e. The highest BCUT2D eigenvalue weighted by molar-refractivity contribution is 5.89. The molecule has 2 unspecified atom stereocenters. The third-order valence-corrected chi connectivity index (χ3v) is 4.87. The molecule has 0 saturated heterocycles. The van der Waals surface area contributed by atoms with Gasteiger partial charge in [-0.05, 0) is 43.7 Å². The van der Waals surface area contributed by atoms with Gasteiger partial charge in [-0.2, -0.15) is 0 Å². The van der Waals surface area contributed by atoms with E-state index in [4.69, 9.17) is 15.2 Å². The Hall–Kier alpha value is -3.12. The van der Waals surface area contributed by atoms with Crippen LogP contribution in [0.4, 0.5) is 5.82 Å². The van der Waals surface area contributed by atoms with Crippen LogP contribution in [0.25, 0.3) is 11.1 Å². The predicted molar refractivity (Wildman–Crippen MR) is 108 cm³/mol. The van der Waals surface area contributed by atoms with Gasteiger partial charge in [-0.1, -0.05) is 17.7 Å². The quantitative estimate of drug-likeness (QED) is 0.854. The van der Waals surface area contributed by atoms with Crippen molar-refractivity contribution >= 4 is 11.7 Å². The Bertz CT molecular complexity index is 1010. The van der Waals surface area contributed by atoms with E-state index in [2.05, 4.69) is 10.3 Å². The van der Waals surface area contributed by atoms with Crippen molar-refractivity contribution in [2.24, 2.45) is 5.73 Å². The molecule has 6 heteroatoms. The normalized spacial score (nSPS) is 22.4. The van der Waals surface area contributed by atoms with Gasteiger partial charge in [0.2, 0.25) is 5.91 Å². The highest BCUT2D eigenvalue weighted by Crippen LogP contribution is 2.40. The first kappa shape index (κ1) is 18.3. The Morgan fingerprint density at radius 2 is 2.18 bits per heavy atom. The van der Waals surface area contributed by atoms with E-state index < -0.39 is 5.54 Å². The number of anilines is 1. The molecule has 3 N–H and O–H groups in total. The van der Waals surface area contributed by atoms with Crippen LogP contribution in [-0.4, -0.2) is 22.5 Å². The van der Waals surface area contributed by atoms with Gasteiger partial charge in [0.05, 0.1) is 5.54 Å². The number of nitrogens with two attached hydrogens (primary N) is 1. The number of amides is 1. The van der Waals surface area contributed by atoms with Gasteiger partial charge in [-0.25, -0.2) is 4.98 Å². The number of pyridine rings is 1. The average molecular weight is 377 g/mol. The molecule has 1 aliphatic heterocycles. The van der Waals surface area contributed by atoms with Crippen LogP contribution in [0.5, 0.6) is 11.5 Å². The van der Waals surface area contributed by atoms with Crippen LogP contribution in [0.1, 0.15) is 26.3 Å². The molecule has 144 valence electrons. The average Bonchev–Trinajstić information content (AvgIpc) is 2.63. The second kappa shape index (κ2) is 6.80. The fourth-order valence-corrected chi connectivity index (χ4v) is 3.55. The first-order valence-corrected chi connectivity index (χ1v) is 9.19. The van der Waals surface area contributed by atoms with Gasteiger partial charge in [0, 0.05) is 30.3 Å². The van der Waals surface area contributed by atoms with E-state index in [1.165, 1.54) is 6.92 Å². The fraction of sp³-hybridized carbons (Fsp3) is 0.273. The Labute approximate surface area is 164 Å². The van der Waals surface area contributed by atoms with Crippen molar-refractivity contribution in [2.45, 2.75) is 39.0 Å². The summed E-state index contributed by atoms with van der Waals surface area (Å²) in [5.74, 6) is 1.79.